The summed E-state index contributed by atoms with van der Waals surface area (Å²) in [4.78, 5) is 12.1. The highest BCUT2D eigenvalue weighted by Crippen LogP contribution is 2.28. The van der Waals surface area contributed by atoms with Gasteiger partial charge < -0.3 is 10.6 Å². The van der Waals surface area contributed by atoms with Crippen molar-refractivity contribution in [3.63, 3.8) is 0 Å². The largest absolute Gasteiger partial charge is 0.385 e. The molecule has 21 heavy (non-hydrogen) atoms. The van der Waals surface area contributed by atoms with Crippen LogP contribution in [0.3, 0.4) is 0 Å². The molecule has 3 nitrogen and oxygen atoms in total. The highest BCUT2D eigenvalue weighted by Gasteiger charge is 2.17. The van der Waals surface area contributed by atoms with E-state index >= 15 is 0 Å². The zero-order valence-corrected chi connectivity index (χ0v) is 12.4. The fourth-order valence-electron chi connectivity index (χ4n) is 1.81. The van der Waals surface area contributed by atoms with Crippen molar-refractivity contribution in [1.82, 2.24) is 0 Å². The topological polar surface area (TPSA) is 41.1 Å². The van der Waals surface area contributed by atoms with Gasteiger partial charge in [-0.2, -0.15) is 0 Å². The predicted octanol–water partition coefficient (Wildman–Crippen LogP) is 4.16. The molecule has 2 N–H and O–H groups in total. The van der Waals surface area contributed by atoms with Crippen LogP contribution < -0.4 is 10.6 Å². The molecule has 0 spiro atoms. The molecule has 0 unspecified atom stereocenters. The van der Waals surface area contributed by atoms with Crippen molar-refractivity contribution in [2.75, 3.05) is 17.7 Å². The van der Waals surface area contributed by atoms with E-state index < -0.39 is 23.4 Å². The molecule has 0 fully saturated rings. The Hall–Kier alpha value is -2.02. The summed E-state index contributed by atoms with van der Waals surface area (Å²) in [6.45, 7) is 0. The normalized spacial score (nSPS) is 10.3. The molecule has 0 aliphatic rings. The molecule has 2 rings (SSSR count). The third-order valence-corrected chi connectivity index (χ3v) is 3.38. The number of benzene rings is 2. The minimum atomic E-state index is -0.933. The van der Waals surface area contributed by atoms with Gasteiger partial charge in [0.05, 0.1) is 16.9 Å². The van der Waals surface area contributed by atoms with Crippen molar-refractivity contribution in [3.05, 3.63) is 57.8 Å². The summed E-state index contributed by atoms with van der Waals surface area (Å²) >= 11 is 2.96. The van der Waals surface area contributed by atoms with E-state index in [4.69, 9.17) is 0 Å². The Morgan fingerprint density at radius 2 is 1.81 bits per heavy atom. The average Bonchev–Trinajstić information content (AvgIpc) is 2.42. The van der Waals surface area contributed by atoms with Crippen molar-refractivity contribution in [2.24, 2.45) is 0 Å². The number of carbonyl (C=O) groups is 1. The van der Waals surface area contributed by atoms with Gasteiger partial charge in [0.1, 0.15) is 11.6 Å². The second-order valence-electron chi connectivity index (χ2n) is 4.11. The van der Waals surface area contributed by atoms with E-state index in [-0.39, 0.29) is 21.4 Å². The molecule has 0 aliphatic carbocycles. The van der Waals surface area contributed by atoms with Gasteiger partial charge in [0.2, 0.25) is 0 Å². The number of hydrogen-bond donors (Lipinski definition) is 2. The standard InChI is InChI=1S/C14H10BrF3N2O/c1-19-12-8(3-2-4-10(12)17)14(21)20-13-9(15)5-7(16)6-11(13)18/h2-6,19H,1H3,(H,20,21). The molecular formula is C14H10BrF3N2O. The van der Waals surface area contributed by atoms with Crippen LogP contribution in [0.25, 0.3) is 0 Å². The molecular weight excluding hydrogens is 349 g/mol. The van der Waals surface area contributed by atoms with Gasteiger partial charge in [0.15, 0.2) is 5.82 Å². The number of carbonyl (C=O) groups excluding carboxylic acids is 1. The SMILES string of the molecule is CNc1c(F)cccc1C(=O)Nc1c(F)cc(F)cc1Br. The van der Waals surface area contributed by atoms with Crippen molar-refractivity contribution in [3.8, 4) is 0 Å². The summed E-state index contributed by atoms with van der Waals surface area (Å²) in [5.74, 6) is -3.04. The zero-order valence-electron chi connectivity index (χ0n) is 10.8. The van der Waals surface area contributed by atoms with Gasteiger partial charge in [-0.05, 0) is 34.1 Å². The second-order valence-corrected chi connectivity index (χ2v) is 4.97. The van der Waals surface area contributed by atoms with Gasteiger partial charge in [0.25, 0.3) is 5.91 Å². The average molecular weight is 359 g/mol. The van der Waals surface area contributed by atoms with Crippen LogP contribution >= 0.6 is 15.9 Å². The van der Waals surface area contributed by atoms with Gasteiger partial charge in [-0.15, -0.1) is 0 Å². The van der Waals surface area contributed by atoms with Crippen molar-refractivity contribution < 1.29 is 18.0 Å². The van der Waals surface area contributed by atoms with Gasteiger partial charge in [-0.1, -0.05) is 6.07 Å². The number of rotatable bonds is 3. The third-order valence-electron chi connectivity index (χ3n) is 2.75. The van der Waals surface area contributed by atoms with Gasteiger partial charge in [-0.3, -0.25) is 4.79 Å². The van der Waals surface area contributed by atoms with Crippen LogP contribution in [-0.2, 0) is 0 Å². The maximum atomic E-state index is 13.7. The Bertz CT molecular complexity index is 684. The van der Waals surface area contributed by atoms with E-state index in [2.05, 4.69) is 26.6 Å². The van der Waals surface area contributed by atoms with Gasteiger partial charge >= 0.3 is 0 Å². The molecule has 110 valence electrons. The molecule has 0 aromatic heterocycles. The Morgan fingerprint density at radius 1 is 1.10 bits per heavy atom. The third kappa shape index (κ3) is 3.18. The van der Waals surface area contributed by atoms with Crippen LogP contribution in [0.2, 0.25) is 0 Å². The lowest BCUT2D eigenvalue weighted by atomic mass is 10.1. The summed E-state index contributed by atoms with van der Waals surface area (Å²) < 4.78 is 40.3. The molecule has 2 aromatic rings. The summed E-state index contributed by atoms with van der Waals surface area (Å²) in [6.07, 6.45) is 0. The number of para-hydroxylation sites is 1. The molecule has 0 heterocycles. The number of anilines is 2. The summed E-state index contributed by atoms with van der Waals surface area (Å²) in [7, 11) is 1.46. The van der Waals surface area contributed by atoms with Crippen LogP contribution in [0.4, 0.5) is 24.5 Å². The van der Waals surface area contributed by atoms with Gasteiger partial charge in [-0.25, -0.2) is 13.2 Å². The van der Waals surface area contributed by atoms with Crippen LogP contribution in [0.5, 0.6) is 0 Å². The van der Waals surface area contributed by atoms with Crippen LogP contribution in [0, 0.1) is 17.5 Å². The summed E-state index contributed by atoms with van der Waals surface area (Å²) in [5, 5.41) is 4.86. The second kappa shape index (κ2) is 6.17. The molecule has 0 atom stereocenters. The van der Waals surface area contributed by atoms with Crippen molar-refractivity contribution in [1.29, 1.82) is 0 Å². The zero-order chi connectivity index (χ0) is 15.6. The monoisotopic (exact) mass is 358 g/mol. The Balaban J connectivity index is 2.38. The predicted molar refractivity (Wildman–Crippen MR) is 78.0 cm³/mol. The summed E-state index contributed by atoms with van der Waals surface area (Å²) in [6, 6.07) is 5.60. The molecule has 0 radical (unpaired) electrons. The van der Waals surface area contributed by atoms with E-state index in [0.717, 1.165) is 6.07 Å². The highest BCUT2D eigenvalue weighted by molar-refractivity contribution is 9.10. The first kappa shape index (κ1) is 15.4. The minimum absolute atomic E-state index is 0.00589. The first-order valence-corrected chi connectivity index (χ1v) is 6.65. The Kier molecular flexibility index (Phi) is 4.52. The van der Waals surface area contributed by atoms with Crippen LogP contribution in [0.1, 0.15) is 10.4 Å². The van der Waals surface area contributed by atoms with E-state index in [1.54, 1.807) is 0 Å². The van der Waals surface area contributed by atoms with E-state index in [1.807, 2.05) is 0 Å². The minimum Gasteiger partial charge on any atom is -0.385 e. The van der Waals surface area contributed by atoms with E-state index in [1.165, 1.54) is 25.2 Å². The number of hydrogen-bond acceptors (Lipinski definition) is 2. The smallest absolute Gasteiger partial charge is 0.257 e. The van der Waals surface area contributed by atoms with Crippen LogP contribution in [0.15, 0.2) is 34.8 Å². The molecule has 2 aromatic carbocycles. The van der Waals surface area contributed by atoms with Crippen molar-refractivity contribution >= 4 is 33.2 Å². The maximum Gasteiger partial charge on any atom is 0.257 e. The molecule has 0 aliphatic heterocycles. The van der Waals surface area contributed by atoms with Crippen molar-refractivity contribution in [2.45, 2.75) is 0 Å². The maximum absolute atomic E-state index is 13.7. The fourth-order valence-corrected chi connectivity index (χ4v) is 2.32. The lowest BCUT2D eigenvalue weighted by Crippen LogP contribution is -2.16. The van der Waals surface area contributed by atoms with E-state index in [9.17, 15) is 18.0 Å². The number of nitrogens with one attached hydrogen (secondary N) is 2. The molecule has 0 bridgehead atoms. The highest BCUT2D eigenvalue weighted by atomic mass is 79.9. The summed E-state index contributed by atoms with van der Waals surface area (Å²) in [5.41, 5.74) is -0.213. The quantitative estimate of drug-likeness (QED) is 0.864. The first-order valence-electron chi connectivity index (χ1n) is 5.86. The molecule has 7 heteroatoms. The van der Waals surface area contributed by atoms with Crippen LogP contribution in [-0.4, -0.2) is 13.0 Å². The molecule has 1 amide bonds. The van der Waals surface area contributed by atoms with Gasteiger partial charge in [0, 0.05) is 17.6 Å². The number of amides is 1. The molecule has 0 saturated heterocycles. The Morgan fingerprint density at radius 3 is 2.43 bits per heavy atom. The Labute approximate surface area is 127 Å². The number of halogens is 4. The fraction of sp³-hybridized carbons (Fsp3) is 0.0714. The molecule has 0 saturated carbocycles. The lowest BCUT2D eigenvalue weighted by molar-refractivity contribution is 0.102. The lowest BCUT2D eigenvalue weighted by Gasteiger charge is -2.12. The first-order chi connectivity index (χ1) is 9.93. The van der Waals surface area contributed by atoms with E-state index in [0.29, 0.717) is 6.07 Å².